The molecule has 1 aliphatic heterocycles. The monoisotopic (exact) mass is 766 g/mol. The van der Waals surface area contributed by atoms with Crippen LogP contribution in [0, 0.1) is 10.8 Å². The third kappa shape index (κ3) is 7.16. The second kappa shape index (κ2) is 14.2. The second-order valence-corrected chi connectivity index (χ2v) is 19.5. The Labute approximate surface area is 345 Å². The van der Waals surface area contributed by atoms with Crippen molar-refractivity contribution in [2.75, 3.05) is 16.5 Å². The first-order valence-electron chi connectivity index (χ1n) is 20.7. The van der Waals surface area contributed by atoms with Gasteiger partial charge in [0.15, 0.2) is 0 Å². The average Bonchev–Trinajstić information content (AvgIpc) is 3.76. The summed E-state index contributed by atoms with van der Waals surface area (Å²) in [6.07, 6.45) is 1.94. The number of anilines is 2. The number of pyridine rings is 1. The number of benzene rings is 5. The lowest BCUT2D eigenvalue weighted by molar-refractivity contribution is 0.444. The van der Waals surface area contributed by atoms with Crippen molar-refractivity contribution < 1.29 is 4.74 Å². The van der Waals surface area contributed by atoms with Crippen LogP contribution in [0.15, 0.2) is 151 Å². The van der Waals surface area contributed by atoms with E-state index in [1.54, 1.807) is 0 Å². The number of hydrogen-bond donors (Lipinski definition) is 0. The first kappa shape index (κ1) is 39.0. The first-order chi connectivity index (χ1) is 27.4. The van der Waals surface area contributed by atoms with Gasteiger partial charge in [0, 0.05) is 68.1 Å². The van der Waals surface area contributed by atoms with Crippen molar-refractivity contribution in [1.29, 1.82) is 0 Å². The minimum absolute atomic E-state index is 0.0524. The Balaban J connectivity index is 1.18. The highest BCUT2D eigenvalue weighted by atomic mass is 16.5. The van der Waals surface area contributed by atoms with E-state index in [-0.39, 0.29) is 21.7 Å². The van der Waals surface area contributed by atoms with Gasteiger partial charge in [0.25, 0.3) is 0 Å². The van der Waals surface area contributed by atoms with Crippen LogP contribution in [0.25, 0.3) is 27.6 Å². The number of hydrogen-bond acceptors (Lipinski definition) is 4. The van der Waals surface area contributed by atoms with Crippen LogP contribution in [0.2, 0.25) is 0 Å². The van der Waals surface area contributed by atoms with E-state index < -0.39 is 0 Å². The van der Waals surface area contributed by atoms with Gasteiger partial charge in [-0.2, -0.15) is 0 Å². The Bertz CT molecular complexity index is 2660. The molecular formula is C53H58N4O. The molecule has 5 heteroatoms. The van der Waals surface area contributed by atoms with E-state index >= 15 is 0 Å². The Morgan fingerprint density at radius 2 is 1.05 bits per heavy atom. The number of allylic oxidation sites excluding steroid dienone is 2. The smallest absolute Gasteiger partial charge is 0.137 e. The Hall–Kier alpha value is -5.81. The second-order valence-electron chi connectivity index (χ2n) is 19.5. The van der Waals surface area contributed by atoms with Gasteiger partial charge in [-0.05, 0) is 76.7 Å². The van der Waals surface area contributed by atoms with E-state index in [1.165, 1.54) is 39.2 Å². The van der Waals surface area contributed by atoms with Crippen molar-refractivity contribution in [2.24, 2.45) is 10.8 Å². The average molecular weight is 767 g/mol. The van der Waals surface area contributed by atoms with Gasteiger partial charge in [-0.15, -0.1) is 0 Å². The van der Waals surface area contributed by atoms with E-state index in [9.17, 15) is 0 Å². The lowest BCUT2D eigenvalue weighted by Gasteiger charge is -2.34. The zero-order valence-electron chi connectivity index (χ0n) is 36.2. The fraction of sp³-hybridized carbons (Fsp3) is 0.302. The summed E-state index contributed by atoms with van der Waals surface area (Å²) in [7, 11) is 0. The summed E-state index contributed by atoms with van der Waals surface area (Å²) in [5.74, 6) is 2.45. The molecule has 0 saturated carbocycles. The molecule has 0 amide bonds. The molecule has 0 aliphatic carbocycles. The molecule has 2 aromatic heterocycles. The highest BCUT2D eigenvalue weighted by Crippen LogP contribution is 2.48. The van der Waals surface area contributed by atoms with Gasteiger partial charge in [-0.3, -0.25) is 4.57 Å². The molecule has 1 aliphatic rings. The predicted octanol–water partition coefficient (Wildman–Crippen LogP) is 14.2. The van der Waals surface area contributed by atoms with Crippen LogP contribution < -0.4 is 14.5 Å². The van der Waals surface area contributed by atoms with Gasteiger partial charge in [-0.25, -0.2) is 4.98 Å². The van der Waals surface area contributed by atoms with Crippen LogP contribution in [0.5, 0.6) is 11.5 Å². The lowest BCUT2D eigenvalue weighted by atomic mass is 9.78. The van der Waals surface area contributed by atoms with Crippen molar-refractivity contribution in [3.8, 4) is 17.3 Å². The Kier molecular flexibility index (Phi) is 9.58. The molecule has 5 nitrogen and oxygen atoms in total. The van der Waals surface area contributed by atoms with Crippen LogP contribution in [0.1, 0.15) is 92.9 Å². The minimum Gasteiger partial charge on any atom is -0.457 e. The minimum atomic E-state index is -0.199. The number of ether oxygens (including phenoxy) is 1. The summed E-state index contributed by atoms with van der Waals surface area (Å²) in [6.45, 7) is 26.1. The van der Waals surface area contributed by atoms with Gasteiger partial charge in [-0.1, -0.05) is 143 Å². The van der Waals surface area contributed by atoms with Crippen molar-refractivity contribution >= 4 is 33.2 Å². The summed E-state index contributed by atoms with van der Waals surface area (Å²) < 4.78 is 9.08. The number of nitrogens with zero attached hydrogens (tertiary/aromatic N) is 4. The Morgan fingerprint density at radius 3 is 1.72 bits per heavy atom. The molecule has 296 valence electrons. The largest absolute Gasteiger partial charge is 0.457 e. The maximum atomic E-state index is 6.80. The summed E-state index contributed by atoms with van der Waals surface area (Å²) in [6, 6.07) is 47.8. The molecular weight excluding hydrogens is 709 g/mol. The standard InChI is InChI=1S/C53H58N4O/c1-50(2,3)37-21-17-22-39(31-37)55-35-56(49(52(7,8)9)48(55)51(4,5)6)40-23-18-24-41(33-40)58-42-27-28-44-43-25-15-16-26-45(43)57(46(44)34-42)47-32-38(29-30-54-47)53(10,11)36-19-13-12-14-20-36/h12-34H,35H2,1-11H3. The molecule has 0 radical (unpaired) electrons. The molecule has 0 unspecified atom stereocenters. The van der Waals surface area contributed by atoms with E-state index in [2.05, 4.69) is 224 Å². The number of rotatable bonds is 7. The molecule has 0 spiro atoms. The van der Waals surface area contributed by atoms with Gasteiger partial charge in [0.05, 0.1) is 17.7 Å². The molecule has 5 aromatic carbocycles. The molecule has 7 aromatic rings. The maximum absolute atomic E-state index is 6.80. The number of fused-ring (bicyclic) bond motifs is 3. The quantitative estimate of drug-likeness (QED) is 0.162. The van der Waals surface area contributed by atoms with E-state index in [1.807, 2.05) is 6.20 Å². The van der Waals surface area contributed by atoms with Gasteiger partial charge in [0.2, 0.25) is 0 Å². The molecule has 0 fully saturated rings. The van der Waals surface area contributed by atoms with Crippen molar-refractivity contribution in [3.63, 3.8) is 0 Å². The van der Waals surface area contributed by atoms with Gasteiger partial charge < -0.3 is 14.5 Å². The SMILES string of the molecule is CC(C)(C)C1=C(C(C)(C)C)N(c2cccc(C(C)(C)C)c2)CN1c1cccc(Oc2ccc3c4ccccc4n(-c4cc(C(C)(C)c5ccccc5)ccn4)c3c2)c1. The Morgan fingerprint density at radius 1 is 0.466 bits per heavy atom. The topological polar surface area (TPSA) is 33.5 Å². The van der Waals surface area contributed by atoms with Crippen molar-refractivity contribution in [3.05, 3.63) is 168 Å². The molecule has 0 bridgehead atoms. The van der Waals surface area contributed by atoms with Crippen molar-refractivity contribution in [1.82, 2.24) is 9.55 Å². The maximum Gasteiger partial charge on any atom is 0.137 e. The fourth-order valence-corrected chi connectivity index (χ4v) is 8.68. The highest BCUT2D eigenvalue weighted by molar-refractivity contribution is 6.09. The lowest BCUT2D eigenvalue weighted by Crippen LogP contribution is -2.31. The number of aromatic nitrogens is 2. The predicted molar refractivity (Wildman–Crippen MR) is 245 cm³/mol. The third-order valence-corrected chi connectivity index (χ3v) is 11.7. The van der Waals surface area contributed by atoms with Crippen LogP contribution >= 0.6 is 0 Å². The molecule has 0 saturated heterocycles. The van der Waals surface area contributed by atoms with E-state index in [4.69, 9.17) is 9.72 Å². The van der Waals surface area contributed by atoms with Gasteiger partial charge in [0.1, 0.15) is 17.3 Å². The van der Waals surface area contributed by atoms with E-state index in [0.29, 0.717) is 0 Å². The third-order valence-electron chi connectivity index (χ3n) is 11.7. The molecule has 0 N–H and O–H groups in total. The molecule has 3 heterocycles. The molecule has 0 atom stereocenters. The zero-order valence-corrected chi connectivity index (χ0v) is 36.2. The summed E-state index contributed by atoms with van der Waals surface area (Å²) >= 11 is 0. The summed E-state index contributed by atoms with van der Waals surface area (Å²) in [4.78, 5) is 9.98. The van der Waals surface area contributed by atoms with Crippen LogP contribution in [-0.2, 0) is 10.8 Å². The van der Waals surface area contributed by atoms with Crippen LogP contribution in [0.3, 0.4) is 0 Å². The zero-order chi connectivity index (χ0) is 41.2. The van der Waals surface area contributed by atoms with Crippen LogP contribution in [-0.4, -0.2) is 16.2 Å². The highest BCUT2D eigenvalue weighted by Gasteiger charge is 2.42. The molecule has 58 heavy (non-hydrogen) atoms. The van der Waals surface area contributed by atoms with Crippen LogP contribution in [0.4, 0.5) is 11.4 Å². The summed E-state index contributed by atoms with van der Waals surface area (Å²) in [5.41, 5.74) is 10.6. The van der Waals surface area contributed by atoms with Gasteiger partial charge >= 0.3 is 0 Å². The van der Waals surface area contributed by atoms with E-state index in [0.717, 1.165) is 46.1 Å². The number of para-hydroxylation sites is 1. The fourth-order valence-electron chi connectivity index (χ4n) is 8.68. The normalized spacial score (nSPS) is 14.3. The molecule has 8 rings (SSSR count). The first-order valence-corrected chi connectivity index (χ1v) is 20.7. The summed E-state index contributed by atoms with van der Waals surface area (Å²) in [5, 5.41) is 2.34. The van der Waals surface area contributed by atoms with Crippen molar-refractivity contribution in [2.45, 2.75) is 87.0 Å².